The van der Waals surface area contributed by atoms with Crippen LogP contribution in [-0.4, -0.2) is 23.1 Å². The van der Waals surface area contributed by atoms with Gasteiger partial charge in [0.15, 0.2) is 0 Å². The third kappa shape index (κ3) is 1.22. The predicted molar refractivity (Wildman–Crippen MR) is 56.5 cm³/mol. The Morgan fingerprint density at radius 3 is 2.93 bits per heavy atom. The summed E-state index contributed by atoms with van der Waals surface area (Å²) in [6, 6.07) is 0. The topological polar surface area (TPSA) is 31.9 Å². The highest BCUT2D eigenvalue weighted by molar-refractivity contribution is 5.35. The van der Waals surface area contributed by atoms with Crippen LogP contribution >= 0.6 is 0 Å². The molecule has 14 heavy (non-hydrogen) atoms. The van der Waals surface area contributed by atoms with E-state index in [1.54, 1.807) is 0 Å². The second-order valence-electron chi connectivity index (χ2n) is 4.76. The number of nitrogens with zero attached hydrogens (tertiary/aromatic N) is 2. The molecule has 1 spiro atoms. The maximum atomic E-state index is 4.43. The minimum Gasteiger partial charge on any atom is -0.342 e. The number of hydrogen-bond donors (Lipinski definition) is 1. The Bertz CT molecular complexity index is 338. The molecule has 1 saturated heterocycles. The molecule has 0 atom stereocenters. The van der Waals surface area contributed by atoms with Crippen LogP contribution in [0.15, 0.2) is 6.20 Å². The molecule has 1 aliphatic carbocycles. The van der Waals surface area contributed by atoms with E-state index in [2.05, 4.69) is 21.8 Å². The van der Waals surface area contributed by atoms with Crippen LogP contribution in [0, 0.1) is 5.41 Å². The number of aryl methyl sites for hydroxylation is 1. The van der Waals surface area contributed by atoms with Gasteiger partial charge in [-0.15, -0.1) is 0 Å². The number of rotatable bonds is 2. The average Bonchev–Trinajstić information content (AvgIpc) is 2.67. The molecular weight excluding hydrogens is 174 g/mol. The van der Waals surface area contributed by atoms with E-state index in [1.165, 1.54) is 38.0 Å². The molecule has 76 valence electrons. The molecular formula is C11H17N3. The van der Waals surface area contributed by atoms with Gasteiger partial charge in [-0.2, -0.15) is 0 Å². The van der Waals surface area contributed by atoms with Crippen LogP contribution in [0.25, 0.3) is 0 Å². The third-order valence-electron chi connectivity index (χ3n) is 3.69. The van der Waals surface area contributed by atoms with E-state index in [0.717, 1.165) is 12.4 Å². The lowest BCUT2D eigenvalue weighted by molar-refractivity contribution is 0.580. The van der Waals surface area contributed by atoms with Crippen molar-refractivity contribution in [3.05, 3.63) is 11.9 Å². The Labute approximate surface area is 84.5 Å². The minimum atomic E-state index is 0.694. The summed E-state index contributed by atoms with van der Waals surface area (Å²) in [5.74, 6) is 1.09. The normalized spacial score (nSPS) is 23.4. The molecule has 0 aromatic carbocycles. The van der Waals surface area contributed by atoms with Gasteiger partial charge in [-0.05, 0) is 31.1 Å². The van der Waals surface area contributed by atoms with Crippen molar-refractivity contribution < 1.29 is 0 Å². The molecule has 2 fully saturated rings. The van der Waals surface area contributed by atoms with Crippen molar-refractivity contribution in [2.45, 2.75) is 32.6 Å². The quantitative estimate of drug-likeness (QED) is 0.775. The molecule has 1 aromatic rings. The Morgan fingerprint density at radius 2 is 2.36 bits per heavy atom. The first kappa shape index (κ1) is 8.33. The number of imidazole rings is 1. The van der Waals surface area contributed by atoms with E-state index in [9.17, 15) is 0 Å². The number of anilines is 1. The van der Waals surface area contributed by atoms with Crippen LogP contribution in [0.1, 0.15) is 31.9 Å². The van der Waals surface area contributed by atoms with E-state index >= 15 is 0 Å². The first-order valence-corrected chi connectivity index (χ1v) is 5.60. The summed E-state index contributed by atoms with van der Waals surface area (Å²) in [5.41, 5.74) is 1.94. The third-order valence-corrected chi connectivity index (χ3v) is 3.69. The monoisotopic (exact) mass is 191 g/mol. The lowest BCUT2D eigenvalue weighted by Crippen LogP contribution is -2.21. The number of hydrogen-bond acceptors (Lipinski definition) is 2. The standard InChI is InChI=1S/C11H17N3/c1-2-9-7-12-10(13-9)14-6-5-11(8-14)3-4-11/h7H,2-6,8H2,1H3,(H,12,13). The molecule has 0 radical (unpaired) electrons. The fraction of sp³-hybridized carbons (Fsp3) is 0.727. The van der Waals surface area contributed by atoms with Crippen LogP contribution in [0.5, 0.6) is 0 Å². The molecule has 1 aliphatic heterocycles. The highest BCUT2D eigenvalue weighted by Gasteiger charge is 2.48. The summed E-state index contributed by atoms with van der Waals surface area (Å²) >= 11 is 0. The second-order valence-corrected chi connectivity index (χ2v) is 4.76. The molecule has 2 aliphatic rings. The van der Waals surface area contributed by atoms with Crippen LogP contribution < -0.4 is 4.90 Å². The van der Waals surface area contributed by atoms with Crippen molar-refractivity contribution in [2.75, 3.05) is 18.0 Å². The molecule has 3 rings (SSSR count). The van der Waals surface area contributed by atoms with Gasteiger partial charge in [0.2, 0.25) is 5.95 Å². The molecule has 2 heterocycles. The summed E-state index contributed by atoms with van der Waals surface area (Å²) < 4.78 is 0. The molecule has 1 N–H and O–H groups in total. The number of aromatic nitrogens is 2. The zero-order valence-electron chi connectivity index (χ0n) is 8.71. The van der Waals surface area contributed by atoms with Gasteiger partial charge in [0, 0.05) is 18.8 Å². The molecule has 1 aromatic heterocycles. The highest BCUT2D eigenvalue weighted by Crippen LogP contribution is 2.52. The van der Waals surface area contributed by atoms with E-state index in [4.69, 9.17) is 0 Å². The Balaban J connectivity index is 1.76. The zero-order valence-corrected chi connectivity index (χ0v) is 8.71. The van der Waals surface area contributed by atoms with E-state index in [1.807, 2.05) is 6.20 Å². The lowest BCUT2D eigenvalue weighted by atomic mass is 10.1. The van der Waals surface area contributed by atoms with E-state index in [0.29, 0.717) is 5.41 Å². The molecule has 0 amide bonds. The smallest absolute Gasteiger partial charge is 0.202 e. The van der Waals surface area contributed by atoms with Crippen molar-refractivity contribution >= 4 is 5.95 Å². The van der Waals surface area contributed by atoms with Gasteiger partial charge in [-0.25, -0.2) is 4.98 Å². The zero-order chi connectivity index (χ0) is 9.60. The molecule has 0 bridgehead atoms. The van der Waals surface area contributed by atoms with E-state index < -0.39 is 0 Å². The van der Waals surface area contributed by atoms with Gasteiger partial charge < -0.3 is 9.88 Å². The molecule has 0 unspecified atom stereocenters. The Hall–Kier alpha value is -0.990. The van der Waals surface area contributed by atoms with Crippen molar-refractivity contribution in [3.8, 4) is 0 Å². The van der Waals surface area contributed by atoms with Crippen molar-refractivity contribution in [1.29, 1.82) is 0 Å². The van der Waals surface area contributed by atoms with Gasteiger partial charge in [0.05, 0.1) is 6.20 Å². The van der Waals surface area contributed by atoms with Crippen molar-refractivity contribution in [2.24, 2.45) is 5.41 Å². The second kappa shape index (κ2) is 2.75. The Kier molecular flexibility index (Phi) is 1.64. The first-order chi connectivity index (χ1) is 6.81. The summed E-state index contributed by atoms with van der Waals surface area (Å²) in [6.45, 7) is 4.57. The SMILES string of the molecule is CCc1cnc(N2CCC3(CC3)C2)[nH]1. The molecule has 3 heteroatoms. The van der Waals surface area contributed by atoms with Crippen LogP contribution in [0.3, 0.4) is 0 Å². The number of H-pyrrole nitrogens is 1. The van der Waals surface area contributed by atoms with Crippen LogP contribution in [0.2, 0.25) is 0 Å². The summed E-state index contributed by atoms with van der Waals surface area (Å²) in [6.07, 6.45) is 7.25. The summed E-state index contributed by atoms with van der Waals surface area (Å²) in [7, 11) is 0. The van der Waals surface area contributed by atoms with Crippen molar-refractivity contribution in [1.82, 2.24) is 9.97 Å². The Morgan fingerprint density at radius 1 is 1.50 bits per heavy atom. The fourth-order valence-corrected chi connectivity index (χ4v) is 2.39. The molecule has 1 saturated carbocycles. The lowest BCUT2D eigenvalue weighted by Gasteiger charge is -2.14. The summed E-state index contributed by atoms with van der Waals surface area (Å²) in [5, 5.41) is 0. The van der Waals surface area contributed by atoms with Gasteiger partial charge in [-0.3, -0.25) is 0 Å². The fourth-order valence-electron chi connectivity index (χ4n) is 2.39. The number of aromatic amines is 1. The van der Waals surface area contributed by atoms with E-state index in [-0.39, 0.29) is 0 Å². The maximum absolute atomic E-state index is 4.43. The van der Waals surface area contributed by atoms with Crippen LogP contribution in [0.4, 0.5) is 5.95 Å². The van der Waals surface area contributed by atoms with Gasteiger partial charge >= 0.3 is 0 Å². The average molecular weight is 191 g/mol. The largest absolute Gasteiger partial charge is 0.342 e. The predicted octanol–water partition coefficient (Wildman–Crippen LogP) is 1.96. The van der Waals surface area contributed by atoms with Gasteiger partial charge in [-0.1, -0.05) is 6.92 Å². The van der Waals surface area contributed by atoms with Crippen LogP contribution in [-0.2, 0) is 6.42 Å². The maximum Gasteiger partial charge on any atom is 0.202 e. The van der Waals surface area contributed by atoms with Gasteiger partial charge in [0.25, 0.3) is 0 Å². The summed E-state index contributed by atoms with van der Waals surface area (Å²) in [4.78, 5) is 10.2. The molecule has 3 nitrogen and oxygen atoms in total. The van der Waals surface area contributed by atoms with Gasteiger partial charge in [0.1, 0.15) is 0 Å². The van der Waals surface area contributed by atoms with Crippen molar-refractivity contribution in [3.63, 3.8) is 0 Å². The first-order valence-electron chi connectivity index (χ1n) is 5.60. The number of nitrogens with one attached hydrogen (secondary N) is 1. The minimum absolute atomic E-state index is 0.694. The highest BCUT2D eigenvalue weighted by atomic mass is 15.3.